The number of benzene rings is 1. The van der Waals surface area contributed by atoms with Gasteiger partial charge in [0.2, 0.25) is 11.0 Å². The Kier molecular flexibility index (Phi) is 5.30. The Bertz CT molecular complexity index is 658. The van der Waals surface area contributed by atoms with Crippen LogP contribution >= 0.6 is 34.7 Å². The number of amides is 1. The molecular formula is C14H15ClN4OS2. The van der Waals surface area contributed by atoms with Crippen molar-refractivity contribution < 1.29 is 4.79 Å². The molecule has 2 N–H and O–H groups in total. The molecule has 5 nitrogen and oxygen atoms in total. The summed E-state index contributed by atoms with van der Waals surface area (Å²) in [7, 11) is 0. The molecule has 116 valence electrons. The van der Waals surface area contributed by atoms with E-state index in [0.29, 0.717) is 21.6 Å². The molecule has 1 saturated heterocycles. The number of nitrogens with zero attached hydrogens (tertiary/aromatic N) is 2. The summed E-state index contributed by atoms with van der Waals surface area (Å²) >= 11 is 9.34. The molecule has 8 heteroatoms. The third-order valence-corrected chi connectivity index (χ3v) is 5.54. The lowest BCUT2D eigenvalue weighted by Crippen LogP contribution is -2.39. The first-order valence-corrected chi connectivity index (χ1v) is 9.26. The van der Waals surface area contributed by atoms with Crippen LogP contribution in [0.3, 0.4) is 0 Å². The SMILES string of the molecule is O=C(CC1CSCCN1)Nc1nnc(-c2ccccc2Cl)s1. The second-order valence-electron chi connectivity index (χ2n) is 4.87. The number of aromatic nitrogens is 2. The molecule has 1 amide bonds. The predicted molar refractivity (Wildman–Crippen MR) is 92.7 cm³/mol. The van der Waals surface area contributed by atoms with Crippen molar-refractivity contribution in [3.05, 3.63) is 29.3 Å². The molecule has 2 heterocycles. The molecule has 0 radical (unpaired) electrons. The van der Waals surface area contributed by atoms with Crippen molar-refractivity contribution in [2.75, 3.05) is 23.4 Å². The van der Waals surface area contributed by atoms with Gasteiger partial charge in [-0.3, -0.25) is 4.79 Å². The summed E-state index contributed by atoms with van der Waals surface area (Å²) in [5, 5.41) is 16.1. The van der Waals surface area contributed by atoms with E-state index in [1.54, 1.807) is 0 Å². The zero-order valence-corrected chi connectivity index (χ0v) is 14.1. The Labute approximate surface area is 141 Å². The average molecular weight is 355 g/mol. The molecule has 0 spiro atoms. The molecule has 0 saturated carbocycles. The van der Waals surface area contributed by atoms with Gasteiger partial charge in [-0.05, 0) is 6.07 Å². The first-order chi connectivity index (χ1) is 10.7. The standard InChI is InChI=1S/C14H15ClN4OS2/c15-11-4-2-1-3-10(11)13-18-19-14(22-13)17-12(20)7-9-8-21-6-5-16-9/h1-4,9,16H,5-8H2,(H,17,19,20). The Morgan fingerprint density at radius 2 is 2.27 bits per heavy atom. The molecule has 1 aliphatic rings. The molecule has 1 unspecified atom stereocenters. The van der Waals surface area contributed by atoms with Crippen molar-refractivity contribution in [3.8, 4) is 10.6 Å². The van der Waals surface area contributed by atoms with Crippen LogP contribution in [0.1, 0.15) is 6.42 Å². The van der Waals surface area contributed by atoms with Crippen molar-refractivity contribution in [1.82, 2.24) is 15.5 Å². The van der Waals surface area contributed by atoms with Crippen LogP contribution < -0.4 is 10.6 Å². The molecule has 22 heavy (non-hydrogen) atoms. The van der Waals surface area contributed by atoms with Gasteiger partial charge < -0.3 is 10.6 Å². The number of rotatable bonds is 4. The summed E-state index contributed by atoms with van der Waals surface area (Å²) in [6.07, 6.45) is 0.452. The number of hydrogen-bond donors (Lipinski definition) is 2. The van der Waals surface area contributed by atoms with Crippen LogP contribution in [-0.2, 0) is 4.79 Å². The van der Waals surface area contributed by atoms with Crippen molar-refractivity contribution in [3.63, 3.8) is 0 Å². The van der Waals surface area contributed by atoms with Gasteiger partial charge in [0.15, 0.2) is 5.01 Å². The zero-order chi connectivity index (χ0) is 15.4. The minimum absolute atomic E-state index is 0.0399. The monoisotopic (exact) mass is 354 g/mol. The minimum Gasteiger partial charge on any atom is -0.312 e. The fourth-order valence-electron chi connectivity index (χ4n) is 2.16. The quantitative estimate of drug-likeness (QED) is 0.883. The number of carbonyl (C=O) groups excluding carboxylic acids is 1. The highest BCUT2D eigenvalue weighted by Gasteiger charge is 2.18. The predicted octanol–water partition coefficient (Wildman–Crippen LogP) is 2.89. The lowest BCUT2D eigenvalue weighted by atomic mass is 10.2. The van der Waals surface area contributed by atoms with Gasteiger partial charge in [0.25, 0.3) is 0 Å². The largest absolute Gasteiger partial charge is 0.312 e. The Hall–Kier alpha value is -1.15. The van der Waals surface area contributed by atoms with Gasteiger partial charge in [-0.2, -0.15) is 11.8 Å². The van der Waals surface area contributed by atoms with Crippen molar-refractivity contribution >= 4 is 45.7 Å². The van der Waals surface area contributed by atoms with E-state index in [0.717, 1.165) is 23.6 Å². The Morgan fingerprint density at radius 3 is 3.05 bits per heavy atom. The van der Waals surface area contributed by atoms with Gasteiger partial charge in [-0.1, -0.05) is 41.1 Å². The maximum Gasteiger partial charge on any atom is 0.227 e. The maximum absolute atomic E-state index is 12.0. The molecule has 1 aromatic carbocycles. The second kappa shape index (κ2) is 7.41. The van der Waals surface area contributed by atoms with Crippen molar-refractivity contribution in [1.29, 1.82) is 0 Å². The van der Waals surface area contributed by atoms with E-state index in [4.69, 9.17) is 11.6 Å². The molecule has 1 fully saturated rings. The van der Waals surface area contributed by atoms with Gasteiger partial charge in [0.05, 0.1) is 5.02 Å². The van der Waals surface area contributed by atoms with Crippen molar-refractivity contribution in [2.45, 2.75) is 12.5 Å². The van der Waals surface area contributed by atoms with Crippen LogP contribution in [-0.4, -0.2) is 40.2 Å². The van der Waals surface area contributed by atoms with Crippen LogP contribution in [0, 0.1) is 0 Å². The number of halogens is 1. The van der Waals surface area contributed by atoms with Crippen LogP contribution in [0.4, 0.5) is 5.13 Å². The summed E-state index contributed by atoms with van der Waals surface area (Å²) in [4.78, 5) is 12.0. The Morgan fingerprint density at radius 1 is 1.41 bits per heavy atom. The second-order valence-corrected chi connectivity index (χ2v) is 7.41. The maximum atomic E-state index is 12.0. The zero-order valence-electron chi connectivity index (χ0n) is 11.7. The topological polar surface area (TPSA) is 66.9 Å². The van der Waals surface area contributed by atoms with Crippen LogP contribution in [0.5, 0.6) is 0 Å². The van der Waals surface area contributed by atoms with Gasteiger partial charge >= 0.3 is 0 Å². The lowest BCUT2D eigenvalue weighted by Gasteiger charge is -2.22. The molecular weight excluding hydrogens is 340 g/mol. The third-order valence-electron chi connectivity index (χ3n) is 3.21. The highest BCUT2D eigenvalue weighted by atomic mass is 35.5. The van der Waals surface area contributed by atoms with Crippen LogP contribution in [0.2, 0.25) is 5.02 Å². The number of hydrogen-bond acceptors (Lipinski definition) is 6. The third kappa shape index (κ3) is 3.98. The van der Waals surface area contributed by atoms with Gasteiger partial charge in [-0.15, -0.1) is 10.2 Å². The first kappa shape index (κ1) is 15.7. The molecule has 1 aromatic heterocycles. The fraction of sp³-hybridized carbons (Fsp3) is 0.357. The van der Waals surface area contributed by atoms with Crippen molar-refractivity contribution in [2.24, 2.45) is 0 Å². The smallest absolute Gasteiger partial charge is 0.227 e. The minimum atomic E-state index is -0.0399. The summed E-state index contributed by atoms with van der Waals surface area (Å²) in [5.74, 6) is 2.03. The van der Waals surface area contributed by atoms with E-state index in [1.807, 2.05) is 36.0 Å². The van der Waals surface area contributed by atoms with Gasteiger partial charge in [0, 0.05) is 36.1 Å². The molecule has 3 rings (SSSR count). The van der Waals surface area contributed by atoms with E-state index >= 15 is 0 Å². The molecule has 0 bridgehead atoms. The fourth-order valence-corrected chi connectivity index (χ4v) is 4.19. The van der Waals surface area contributed by atoms with E-state index in [1.165, 1.54) is 11.3 Å². The number of nitrogens with one attached hydrogen (secondary N) is 2. The molecule has 0 aliphatic carbocycles. The number of carbonyl (C=O) groups is 1. The first-order valence-electron chi connectivity index (χ1n) is 6.92. The molecule has 1 atom stereocenters. The summed E-state index contributed by atoms with van der Waals surface area (Å²) in [6.45, 7) is 0.956. The summed E-state index contributed by atoms with van der Waals surface area (Å²) < 4.78 is 0. The van der Waals surface area contributed by atoms with E-state index in [9.17, 15) is 4.79 Å². The number of anilines is 1. The number of thioether (sulfide) groups is 1. The molecule has 1 aliphatic heterocycles. The summed E-state index contributed by atoms with van der Waals surface area (Å²) in [6, 6.07) is 7.69. The van der Waals surface area contributed by atoms with Gasteiger partial charge in [0.1, 0.15) is 0 Å². The van der Waals surface area contributed by atoms with E-state index < -0.39 is 0 Å². The normalized spacial score (nSPS) is 18.1. The van der Waals surface area contributed by atoms with Gasteiger partial charge in [-0.25, -0.2) is 0 Å². The van der Waals surface area contributed by atoms with E-state index in [2.05, 4.69) is 20.8 Å². The van der Waals surface area contributed by atoms with Crippen LogP contribution in [0.15, 0.2) is 24.3 Å². The average Bonchev–Trinajstić information content (AvgIpc) is 2.97. The molecule has 2 aromatic rings. The highest BCUT2D eigenvalue weighted by molar-refractivity contribution is 7.99. The lowest BCUT2D eigenvalue weighted by molar-refractivity contribution is -0.116. The highest BCUT2D eigenvalue weighted by Crippen LogP contribution is 2.31. The van der Waals surface area contributed by atoms with E-state index in [-0.39, 0.29) is 11.9 Å². The Balaban J connectivity index is 1.62. The van der Waals surface area contributed by atoms with Crippen LogP contribution in [0.25, 0.3) is 10.6 Å². The summed E-state index contributed by atoms with van der Waals surface area (Å²) in [5.41, 5.74) is 0.826.